The van der Waals surface area contributed by atoms with Gasteiger partial charge in [-0.2, -0.15) is 0 Å². The SMILES string of the molecule is CC1(C)OCC(C(O)CNC(=O)c2ccc(S(=O)(=O)Nc3c(F)cc(F)cc3F)cc2)O1. The van der Waals surface area contributed by atoms with Crippen LogP contribution < -0.4 is 10.0 Å². The number of rotatable bonds is 7. The highest BCUT2D eigenvalue weighted by atomic mass is 32.2. The Balaban J connectivity index is 1.63. The van der Waals surface area contributed by atoms with Crippen molar-refractivity contribution >= 4 is 21.6 Å². The van der Waals surface area contributed by atoms with E-state index in [2.05, 4.69) is 5.32 Å². The van der Waals surface area contributed by atoms with E-state index in [0.717, 1.165) is 12.1 Å². The molecule has 2 unspecified atom stereocenters. The van der Waals surface area contributed by atoms with Crippen molar-refractivity contribution in [3.8, 4) is 0 Å². The van der Waals surface area contributed by atoms with Crippen LogP contribution in [0.2, 0.25) is 0 Å². The highest BCUT2D eigenvalue weighted by Crippen LogP contribution is 2.25. The third-order valence-corrected chi connectivity index (χ3v) is 5.97. The fraction of sp³-hybridized carbons (Fsp3) is 0.350. The zero-order valence-electron chi connectivity index (χ0n) is 17.1. The Morgan fingerprint density at radius 1 is 1.19 bits per heavy atom. The number of benzene rings is 2. The lowest BCUT2D eigenvalue weighted by molar-refractivity contribution is -0.150. The van der Waals surface area contributed by atoms with Gasteiger partial charge in [0.1, 0.15) is 17.6 Å². The number of halogens is 3. The summed E-state index contributed by atoms with van der Waals surface area (Å²) in [6.07, 6.45) is -1.64. The number of hydrogen-bond donors (Lipinski definition) is 3. The fourth-order valence-corrected chi connectivity index (χ4v) is 4.03. The summed E-state index contributed by atoms with van der Waals surface area (Å²) in [6, 6.07) is 5.17. The second kappa shape index (κ2) is 9.06. The molecular weight excluding hydrogens is 453 g/mol. The third kappa shape index (κ3) is 5.57. The molecule has 0 radical (unpaired) electrons. The lowest BCUT2D eigenvalue weighted by Gasteiger charge is -2.20. The predicted octanol–water partition coefficient (Wildman–Crippen LogP) is 2.15. The van der Waals surface area contributed by atoms with Crippen molar-refractivity contribution in [1.82, 2.24) is 5.32 Å². The molecule has 1 saturated heterocycles. The van der Waals surface area contributed by atoms with Gasteiger partial charge in [-0.1, -0.05) is 0 Å². The molecule has 174 valence electrons. The molecule has 2 atom stereocenters. The number of anilines is 1. The van der Waals surface area contributed by atoms with E-state index in [0.29, 0.717) is 12.1 Å². The van der Waals surface area contributed by atoms with Crippen LogP contribution in [0.3, 0.4) is 0 Å². The zero-order valence-corrected chi connectivity index (χ0v) is 17.9. The van der Waals surface area contributed by atoms with Crippen molar-refractivity contribution in [2.75, 3.05) is 17.9 Å². The summed E-state index contributed by atoms with van der Waals surface area (Å²) in [5, 5.41) is 12.6. The number of carbonyl (C=O) groups is 1. The quantitative estimate of drug-likeness (QED) is 0.567. The minimum Gasteiger partial charge on any atom is -0.388 e. The summed E-state index contributed by atoms with van der Waals surface area (Å²) < 4.78 is 77.8. The van der Waals surface area contributed by atoms with Gasteiger partial charge in [0.05, 0.1) is 17.6 Å². The average Bonchev–Trinajstić information content (AvgIpc) is 3.08. The Morgan fingerprint density at radius 3 is 2.31 bits per heavy atom. The van der Waals surface area contributed by atoms with Crippen LogP contribution in [-0.4, -0.2) is 50.6 Å². The molecule has 1 fully saturated rings. The minimum absolute atomic E-state index is 0.0826. The number of hydrogen-bond acceptors (Lipinski definition) is 6. The van der Waals surface area contributed by atoms with Crippen LogP contribution in [0.1, 0.15) is 24.2 Å². The molecule has 1 aliphatic heterocycles. The first-order chi connectivity index (χ1) is 14.9. The van der Waals surface area contributed by atoms with Gasteiger partial charge in [0.25, 0.3) is 15.9 Å². The van der Waals surface area contributed by atoms with Crippen molar-refractivity contribution < 1.29 is 41.0 Å². The minimum atomic E-state index is -4.42. The third-order valence-electron chi connectivity index (χ3n) is 4.60. The van der Waals surface area contributed by atoms with Crippen LogP contribution >= 0.6 is 0 Å². The van der Waals surface area contributed by atoms with E-state index in [1.807, 2.05) is 0 Å². The van der Waals surface area contributed by atoms with Crippen LogP contribution in [0, 0.1) is 17.5 Å². The lowest BCUT2D eigenvalue weighted by Crippen LogP contribution is -2.40. The van der Waals surface area contributed by atoms with Gasteiger partial charge in [0.2, 0.25) is 0 Å². The maximum Gasteiger partial charge on any atom is 0.262 e. The predicted molar refractivity (Wildman–Crippen MR) is 107 cm³/mol. The Morgan fingerprint density at radius 2 is 1.78 bits per heavy atom. The molecule has 2 aromatic rings. The van der Waals surface area contributed by atoms with E-state index in [4.69, 9.17) is 9.47 Å². The molecule has 0 aromatic heterocycles. The number of carbonyl (C=O) groups excluding carboxylic acids is 1. The number of amides is 1. The van der Waals surface area contributed by atoms with Gasteiger partial charge >= 0.3 is 0 Å². The molecule has 1 heterocycles. The van der Waals surface area contributed by atoms with Crippen molar-refractivity contribution in [1.29, 1.82) is 0 Å². The summed E-state index contributed by atoms with van der Waals surface area (Å²) in [4.78, 5) is 11.9. The van der Waals surface area contributed by atoms with Crippen molar-refractivity contribution in [3.05, 3.63) is 59.4 Å². The van der Waals surface area contributed by atoms with E-state index in [1.54, 1.807) is 18.6 Å². The van der Waals surface area contributed by atoms with E-state index in [1.165, 1.54) is 12.1 Å². The first kappa shape index (κ1) is 24.0. The number of aliphatic hydroxyl groups is 1. The van der Waals surface area contributed by atoms with Gasteiger partial charge in [-0.25, -0.2) is 21.6 Å². The Hall–Kier alpha value is -2.67. The molecular formula is C20H21F3N2O6S. The van der Waals surface area contributed by atoms with E-state index >= 15 is 0 Å². The smallest absolute Gasteiger partial charge is 0.262 e. The second-order valence-corrected chi connectivity index (χ2v) is 9.20. The van der Waals surface area contributed by atoms with Gasteiger partial charge in [-0.15, -0.1) is 0 Å². The first-order valence-electron chi connectivity index (χ1n) is 9.43. The summed E-state index contributed by atoms with van der Waals surface area (Å²) in [5.74, 6) is -5.44. The molecule has 32 heavy (non-hydrogen) atoms. The Labute approximate surface area is 182 Å². The topological polar surface area (TPSA) is 114 Å². The van der Waals surface area contributed by atoms with Crippen LogP contribution in [-0.2, 0) is 19.5 Å². The van der Waals surface area contributed by atoms with Crippen molar-refractivity contribution in [3.63, 3.8) is 0 Å². The summed E-state index contributed by atoms with van der Waals surface area (Å²) >= 11 is 0. The Kier molecular flexibility index (Phi) is 6.79. The van der Waals surface area contributed by atoms with Crippen molar-refractivity contribution in [2.24, 2.45) is 0 Å². The molecule has 12 heteroatoms. The molecule has 0 bridgehead atoms. The normalized spacial score (nSPS) is 18.9. The van der Waals surface area contributed by atoms with Crippen LogP contribution in [0.15, 0.2) is 41.3 Å². The zero-order chi connectivity index (χ0) is 23.7. The van der Waals surface area contributed by atoms with Gasteiger partial charge in [0, 0.05) is 24.2 Å². The molecule has 3 rings (SSSR count). The molecule has 1 aliphatic rings. The molecule has 0 aliphatic carbocycles. The largest absolute Gasteiger partial charge is 0.388 e. The maximum absolute atomic E-state index is 13.7. The van der Waals surface area contributed by atoms with Gasteiger partial charge in [0.15, 0.2) is 17.4 Å². The molecule has 0 spiro atoms. The van der Waals surface area contributed by atoms with E-state index < -0.39 is 57.1 Å². The summed E-state index contributed by atoms with van der Waals surface area (Å²) in [6.45, 7) is 3.43. The Bertz CT molecular complexity index is 1090. The van der Waals surface area contributed by atoms with E-state index in [-0.39, 0.29) is 23.6 Å². The molecule has 0 saturated carbocycles. The standard InChI is InChI=1S/C20H21F3N2O6S/c1-20(2)30-10-17(31-20)16(26)9-24-19(27)11-3-5-13(6-4-11)32(28,29)25-18-14(22)7-12(21)8-15(18)23/h3-8,16-17,25-26H,9-10H2,1-2H3,(H,24,27). The van der Waals surface area contributed by atoms with E-state index in [9.17, 15) is 31.5 Å². The number of sulfonamides is 1. The number of nitrogens with one attached hydrogen (secondary N) is 2. The fourth-order valence-electron chi connectivity index (χ4n) is 2.95. The highest BCUT2D eigenvalue weighted by molar-refractivity contribution is 7.92. The first-order valence-corrected chi connectivity index (χ1v) is 10.9. The maximum atomic E-state index is 13.7. The monoisotopic (exact) mass is 474 g/mol. The lowest BCUT2D eigenvalue weighted by atomic mass is 10.2. The van der Waals surface area contributed by atoms with Crippen LogP contribution in [0.25, 0.3) is 0 Å². The van der Waals surface area contributed by atoms with Gasteiger partial charge < -0.3 is 19.9 Å². The highest BCUT2D eigenvalue weighted by Gasteiger charge is 2.36. The van der Waals surface area contributed by atoms with Gasteiger partial charge in [-0.05, 0) is 38.1 Å². The van der Waals surface area contributed by atoms with Crippen molar-refractivity contribution in [2.45, 2.75) is 36.7 Å². The average molecular weight is 474 g/mol. The molecule has 8 nitrogen and oxygen atoms in total. The van der Waals surface area contributed by atoms with Crippen LogP contribution in [0.5, 0.6) is 0 Å². The number of ether oxygens (including phenoxy) is 2. The summed E-state index contributed by atoms with van der Waals surface area (Å²) in [7, 11) is -4.42. The molecule has 3 N–H and O–H groups in total. The van der Waals surface area contributed by atoms with Crippen LogP contribution in [0.4, 0.5) is 18.9 Å². The second-order valence-electron chi connectivity index (χ2n) is 7.52. The molecule has 1 amide bonds. The molecule has 2 aromatic carbocycles. The number of aliphatic hydroxyl groups excluding tert-OH is 1. The summed E-state index contributed by atoms with van der Waals surface area (Å²) in [5.41, 5.74) is -0.942. The van der Waals surface area contributed by atoms with Gasteiger partial charge in [-0.3, -0.25) is 9.52 Å².